The highest BCUT2D eigenvalue weighted by Crippen LogP contribution is 2.48. The summed E-state index contributed by atoms with van der Waals surface area (Å²) in [6.45, 7) is 28.5. The summed E-state index contributed by atoms with van der Waals surface area (Å²) in [7, 11) is 0. The number of ether oxygens (including phenoxy) is 1. The molecule has 12 aromatic rings. The lowest BCUT2D eigenvalue weighted by atomic mass is 9.78. The summed E-state index contributed by atoms with van der Waals surface area (Å²) in [5.41, 5.74) is 16.4. The van der Waals surface area contributed by atoms with Crippen LogP contribution in [0.1, 0.15) is 105 Å². The Hall–Kier alpha value is -8.67. The number of nitrogens with zero attached hydrogens (tertiary/aromatic N) is 4. The van der Waals surface area contributed by atoms with Crippen LogP contribution in [-0.4, -0.2) is 14.1 Å². The van der Waals surface area contributed by atoms with Crippen LogP contribution >= 0.6 is 0 Å². The fourth-order valence-electron chi connectivity index (χ4n) is 12.3. The molecule has 81 heavy (non-hydrogen) atoms. The maximum Gasteiger partial charge on any atom is 0.137 e. The SMILES string of the molecule is CC(C)(C)c1cc(-c2cc(C(C)(C)C)cc3c4ccccc4c4cc(-c5ccccc5)ccc4c4cccc5c4n(c23)CN5c2cccc(Oc3ccc4c5ccccc5n(-c5cc(C(C)(C)C)ccn5)c4c3)c2)cc(C(C)(C)C)c1. The lowest BCUT2D eigenvalue weighted by molar-refractivity contribution is 0.483. The van der Waals surface area contributed by atoms with E-state index in [1.165, 1.54) is 93.2 Å². The molecule has 5 nitrogen and oxygen atoms in total. The van der Waals surface area contributed by atoms with Crippen LogP contribution in [0.4, 0.5) is 11.4 Å². The monoisotopic (exact) mass is 1060 g/mol. The van der Waals surface area contributed by atoms with Gasteiger partial charge in [-0.1, -0.05) is 204 Å². The second kappa shape index (κ2) is 19.0. The Morgan fingerprint density at radius 2 is 0.963 bits per heavy atom. The van der Waals surface area contributed by atoms with Crippen molar-refractivity contribution in [2.45, 2.75) is 111 Å². The molecule has 1 aliphatic rings. The Bertz CT molecular complexity index is 4530. The lowest BCUT2D eigenvalue weighted by Gasteiger charge is -2.28. The molecular weight excluding hydrogens is 985 g/mol. The van der Waals surface area contributed by atoms with Crippen LogP contribution in [0.2, 0.25) is 0 Å². The van der Waals surface area contributed by atoms with Gasteiger partial charge in [0, 0.05) is 51.1 Å². The number of anilines is 2. The van der Waals surface area contributed by atoms with Gasteiger partial charge in [-0.05, 0) is 149 Å². The Morgan fingerprint density at radius 3 is 1.68 bits per heavy atom. The quantitative estimate of drug-likeness (QED) is 0.166. The molecule has 0 saturated heterocycles. The summed E-state index contributed by atoms with van der Waals surface area (Å²) in [4.78, 5) is 7.44. The third-order valence-corrected chi connectivity index (χ3v) is 16.9. The van der Waals surface area contributed by atoms with E-state index in [9.17, 15) is 0 Å². The molecule has 0 aliphatic carbocycles. The van der Waals surface area contributed by atoms with Crippen LogP contribution in [-0.2, 0) is 28.3 Å². The summed E-state index contributed by atoms with van der Waals surface area (Å²) < 4.78 is 11.9. The Kier molecular flexibility index (Phi) is 12.1. The van der Waals surface area contributed by atoms with E-state index in [1.807, 2.05) is 6.20 Å². The molecule has 0 amide bonds. The zero-order valence-corrected chi connectivity index (χ0v) is 49.0. The Balaban J connectivity index is 1.06. The summed E-state index contributed by atoms with van der Waals surface area (Å²) >= 11 is 0. The lowest BCUT2D eigenvalue weighted by Crippen LogP contribution is -2.17. The average molecular weight is 1060 g/mol. The summed E-state index contributed by atoms with van der Waals surface area (Å²) in [6.07, 6.45) is 1.93. The molecule has 0 atom stereocenters. The predicted octanol–water partition coefficient (Wildman–Crippen LogP) is 21.1. The van der Waals surface area contributed by atoms with Crippen molar-refractivity contribution in [3.63, 3.8) is 0 Å². The molecule has 0 radical (unpaired) electrons. The molecule has 402 valence electrons. The second-order valence-corrected chi connectivity index (χ2v) is 26.6. The summed E-state index contributed by atoms with van der Waals surface area (Å²) in [5.74, 6) is 2.41. The van der Waals surface area contributed by atoms with E-state index in [-0.39, 0.29) is 21.7 Å². The topological polar surface area (TPSA) is 35.2 Å². The van der Waals surface area contributed by atoms with Crippen molar-refractivity contribution in [2.24, 2.45) is 0 Å². The van der Waals surface area contributed by atoms with Crippen LogP contribution in [0.15, 0.2) is 206 Å². The third kappa shape index (κ3) is 9.17. The maximum atomic E-state index is 7.00. The summed E-state index contributed by atoms with van der Waals surface area (Å²) in [5, 5.41) is 9.59. The van der Waals surface area contributed by atoms with Crippen LogP contribution < -0.4 is 9.64 Å². The van der Waals surface area contributed by atoms with E-state index >= 15 is 0 Å². The summed E-state index contributed by atoms with van der Waals surface area (Å²) in [6, 6.07) is 74.5. The normalized spacial score (nSPS) is 13.1. The molecule has 0 unspecified atom stereocenters. The number of rotatable bonds is 6. The molecule has 1 aliphatic heterocycles. The molecule has 0 N–H and O–H groups in total. The van der Waals surface area contributed by atoms with Gasteiger partial charge in [-0.3, -0.25) is 4.57 Å². The van der Waals surface area contributed by atoms with E-state index in [0.717, 1.165) is 45.1 Å². The molecule has 0 spiro atoms. The van der Waals surface area contributed by atoms with Crippen LogP contribution in [0.25, 0.3) is 93.2 Å². The first kappa shape index (κ1) is 51.7. The van der Waals surface area contributed by atoms with Gasteiger partial charge in [0.05, 0.1) is 27.8 Å². The van der Waals surface area contributed by atoms with Gasteiger partial charge in [0.2, 0.25) is 0 Å². The van der Waals surface area contributed by atoms with Crippen molar-refractivity contribution in [3.8, 4) is 39.6 Å². The van der Waals surface area contributed by atoms with E-state index < -0.39 is 0 Å². The molecule has 3 aromatic heterocycles. The van der Waals surface area contributed by atoms with Gasteiger partial charge in [-0.15, -0.1) is 0 Å². The van der Waals surface area contributed by atoms with Crippen molar-refractivity contribution >= 4 is 76.5 Å². The molecule has 0 saturated carbocycles. The van der Waals surface area contributed by atoms with E-state index in [2.05, 4.69) is 297 Å². The van der Waals surface area contributed by atoms with Gasteiger partial charge in [-0.25, -0.2) is 4.98 Å². The van der Waals surface area contributed by atoms with Crippen molar-refractivity contribution in [2.75, 3.05) is 4.90 Å². The number of pyridine rings is 1. The zero-order valence-electron chi connectivity index (χ0n) is 49.0. The van der Waals surface area contributed by atoms with Gasteiger partial charge in [0.15, 0.2) is 0 Å². The number of fused-ring (bicyclic) bond motifs is 10. The first-order valence-corrected chi connectivity index (χ1v) is 28.8. The van der Waals surface area contributed by atoms with Gasteiger partial charge in [0.25, 0.3) is 0 Å². The number of hydrogen-bond donors (Lipinski definition) is 0. The largest absolute Gasteiger partial charge is 0.457 e. The van der Waals surface area contributed by atoms with Crippen molar-refractivity contribution in [1.82, 2.24) is 14.1 Å². The molecular formula is C76H72N4O. The molecule has 9 aromatic carbocycles. The minimum atomic E-state index is -0.153. The van der Waals surface area contributed by atoms with Crippen molar-refractivity contribution in [3.05, 3.63) is 229 Å². The van der Waals surface area contributed by atoms with Crippen molar-refractivity contribution in [1.29, 1.82) is 0 Å². The predicted molar refractivity (Wildman–Crippen MR) is 345 cm³/mol. The molecule has 5 heteroatoms. The maximum absolute atomic E-state index is 7.00. The number of aromatic nitrogens is 3. The highest BCUT2D eigenvalue weighted by molar-refractivity contribution is 6.23. The minimum Gasteiger partial charge on any atom is -0.457 e. The molecule has 13 rings (SSSR count). The van der Waals surface area contributed by atoms with E-state index in [1.54, 1.807) is 0 Å². The minimum absolute atomic E-state index is 0.0299. The number of para-hydroxylation sites is 2. The Labute approximate surface area is 477 Å². The van der Waals surface area contributed by atoms with Gasteiger partial charge < -0.3 is 14.2 Å². The second-order valence-electron chi connectivity index (χ2n) is 26.6. The molecule has 4 heterocycles. The van der Waals surface area contributed by atoms with Crippen LogP contribution in [0, 0.1) is 0 Å². The average Bonchev–Trinajstić information content (AvgIpc) is 3.54. The standard InChI is InChI=1S/C76H72N4O/c1-73(2,3)51-36-37-77-70(44-51)80-67-30-19-18-28-61(67)62-35-33-57(46-69(62)80)81-56-25-20-24-55(45-56)78-47-79-71-64(50-38-52(74(4,5)6)41-53(39-50)75(7,8)9)42-54(76(10,11)12)43-66(71)59-27-17-16-26-58(59)65-40-49(48-22-14-13-15-23-48)32-34-60(65)63-29-21-31-68(78)72(63)79/h13-46H,47H2,1-12H3. The van der Waals surface area contributed by atoms with Gasteiger partial charge in [0.1, 0.15) is 24.0 Å². The Morgan fingerprint density at radius 1 is 0.370 bits per heavy atom. The van der Waals surface area contributed by atoms with E-state index in [0.29, 0.717) is 6.67 Å². The van der Waals surface area contributed by atoms with Crippen LogP contribution in [0.3, 0.4) is 0 Å². The zero-order chi connectivity index (χ0) is 56.3. The molecule has 0 bridgehead atoms. The smallest absolute Gasteiger partial charge is 0.137 e. The fourth-order valence-corrected chi connectivity index (χ4v) is 12.3. The number of benzene rings is 9. The van der Waals surface area contributed by atoms with Gasteiger partial charge in [-0.2, -0.15) is 0 Å². The van der Waals surface area contributed by atoms with E-state index in [4.69, 9.17) is 9.72 Å². The third-order valence-electron chi connectivity index (χ3n) is 16.9. The first-order valence-electron chi connectivity index (χ1n) is 28.8. The fraction of sp³-hybridized carbons (Fsp3) is 0.224. The van der Waals surface area contributed by atoms with Crippen molar-refractivity contribution < 1.29 is 4.74 Å². The molecule has 0 fully saturated rings. The highest BCUT2D eigenvalue weighted by atomic mass is 16.5. The highest BCUT2D eigenvalue weighted by Gasteiger charge is 2.29. The number of hydrogen-bond acceptors (Lipinski definition) is 3. The van der Waals surface area contributed by atoms with Gasteiger partial charge >= 0.3 is 0 Å². The van der Waals surface area contributed by atoms with Crippen LogP contribution in [0.5, 0.6) is 11.5 Å². The first-order chi connectivity index (χ1) is 38.7.